The summed E-state index contributed by atoms with van der Waals surface area (Å²) in [5, 5.41) is 10.1. The minimum atomic E-state index is -2.54. The van der Waals surface area contributed by atoms with Crippen molar-refractivity contribution in [2.45, 2.75) is 25.2 Å². The smallest absolute Gasteiger partial charge is 0.256 e. The van der Waals surface area contributed by atoms with E-state index in [1.54, 1.807) is 6.07 Å². The van der Waals surface area contributed by atoms with Gasteiger partial charge in [-0.05, 0) is 25.0 Å². The number of alkyl halides is 2. The summed E-state index contributed by atoms with van der Waals surface area (Å²) in [6.07, 6.45) is 1.30. The third-order valence-corrected chi connectivity index (χ3v) is 4.94. The van der Waals surface area contributed by atoms with E-state index in [1.165, 1.54) is 0 Å². The van der Waals surface area contributed by atoms with E-state index >= 15 is 0 Å². The Bertz CT molecular complexity index is 796. The fraction of sp³-hybridized carbons (Fsp3) is 0.412. The molecule has 112 valence electrons. The predicted molar refractivity (Wildman–Crippen MR) is 79.9 cm³/mol. The third kappa shape index (κ3) is 1.87. The van der Waals surface area contributed by atoms with Gasteiger partial charge in [0.25, 0.3) is 5.92 Å². The summed E-state index contributed by atoms with van der Waals surface area (Å²) in [5.74, 6) is -1.90. The molecule has 1 aliphatic carbocycles. The lowest BCUT2D eigenvalue weighted by atomic mass is 9.94. The molecule has 1 atom stereocenters. The van der Waals surface area contributed by atoms with Crippen LogP contribution in [0.3, 0.4) is 0 Å². The third-order valence-electron chi connectivity index (χ3n) is 4.94. The lowest BCUT2D eigenvalue weighted by molar-refractivity contribution is 0.0575. The molecular formula is C17H15F2N3. The molecule has 1 spiro atoms. The van der Waals surface area contributed by atoms with Gasteiger partial charge < -0.3 is 4.90 Å². The van der Waals surface area contributed by atoms with Gasteiger partial charge in [0, 0.05) is 24.9 Å². The van der Waals surface area contributed by atoms with E-state index in [0.717, 1.165) is 17.3 Å². The van der Waals surface area contributed by atoms with Crippen LogP contribution in [0, 0.1) is 16.7 Å². The lowest BCUT2D eigenvalue weighted by Gasteiger charge is -2.34. The van der Waals surface area contributed by atoms with Crippen LogP contribution in [0.1, 0.15) is 24.8 Å². The highest BCUT2D eigenvalue weighted by Gasteiger charge is 2.71. The predicted octanol–water partition coefficient (Wildman–Crippen LogP) is 3.73. The number of benzene rings is 1. The van der Waals surface area contributed by atoms with Crippen LogP contribution in [0.15, 0.2) is 30.3 Å². The Morgan fingerprint density at radius 2 is 2.05 bits per heavy atom. The van der Waals surface area contributed by atoms with Crippen molar-refractivity contribution in [3.05, 3.63) is 35.9 Å². The molecule has 3 nitrogen and oxygen atoms in total. The van der Waals surface area contributed by atoms with Crippen LogP contribution in [0.4, 0.5) is 14.6 Å². The summed E-state index contributed by atoms with van der Waals surface area (Å²) in [4.78, 5) is 6.49. The molecule has 0 bridgehead atoms. The molecule has 1 aliphatic heterocycles. The lowest BCUT2D eigenvalue weighted by Crippen LogP contribution is -2.39. The number of nitriles is 1. The number of halogens is 2. The minimum Gasteiger partial charge on any atom is -0.356 e. The molecule has 1 aromatic heterocycles. The first-order valence-corrected chi connectivity index (χ1v) is 7.47. The molecule has 1 unspecified atom stereocenters. The van der Waals surface area contributed by atoms with E-state index in [0.29, 0.717) is 30.9 Å². The van der Waals surface area contributed by atoms with Crippen LogP contribution in [0.25, 0.3) is 10.9 Å². The van der Waals surface area contributed by atoms with Crippen molar-refractivity contribution in [1.82, 2.24) is 4.98 Å². The highest BCUT2D eigenvalue weighted by atomic mass is 19.3. The molecule has 0 amide bonds. The molecule has 0 N–H and O–H groups in total. The Morgan fingerprint density at radius 1 is 1.27 bits per heavy atom. The minimum absolute atomic E-state index is 0.0187. The zero-order valence-electron chi connectivity index (χ0n) is 12.0. The van der Waals surface area contributed by atoms with Gasteiger partial charge in [0.05, 0.1) is 22.6 Å². The summed E-state index contributed by atoms with van der Waals surface area (Å²) in [7, 11) is 0. The number of rotatable bonds is 1. The second-order valence-electron chi connectivity index (χ2n) is 6.34. The number of pyridine rings is 1. The van der Waals surface area contributed by atoms with E-state index in [9.17, 15) is 14.0 Å². The number of hydrogen-bond acceptors (Lipinski definition) is 3. The monoisotopic (exact) mass is 299 g/mol. The van der Waals surface area contributed by atoms with Gasteiger partial charge in [-0.3, -0.25) is 0 Å². The van der Waals surface area contributed by atoms with Crippen LogP contribution in [0.5, 0.6) is 0 Å². The van der Waals surface area contributed by atoms with Crippen molar-refractivity contribution in [1.29, 1.82) is 5.26 Å². The molecule has 2 heterocycles. The number of anilines is 1. The fourth-order valence-corrected chi connectivity index (χ4v) is 3.57. The van der Waals surface area contributed by atoms with E-state index in [2.05, 4.69) is 11.1 Å². The molecule has 5 heteroatoms. The van der Waals surface area contributed by atoms with Crippen LogP contribution >= 0.6 is 0 Å². The highest BCUT2D eigenvalue weighted by Crippen LogP contribution is 2.64. The van der Waals surface area contributed by atoms with Crippen LogP contribution in [-0.4, -0.2) is 24.0 Å². The van der Waals surface area contributed by atoms with Crippen molar-refractivity contribution in [2.24, 2.45) is 5.41 Å². The van der Waals surface area contributed by atoms with Crippen molar-refractivity contribution in [2.75, 3.05) is 18.0 Å². The average molecular weight is 299 g/mol. The molecule has 1 saturated heterocycles. The number of hydrogen-bond donors (Lipinski definition) is 0. The first-order valence-electron chi connectivity index (χ1n) is 7.47. The van der Waals surface area contributed by atoms with Crippen molar-refractivity contribution in [3.63, 3.8) is 0 Å². The first kappa shape index (κ1) is 13.4. The molecular weight excluding hydrogens is 284 g/mol. The zero-order valence-corrected chi connectivity index (χ0v) is 12.0. The maximum Gasteiger partial charge on any atom is 0.256 e. The topological polar surface area (TPSA) is 39.9 Å². The average Bonchev–Trinajstić information content (AvgIpc) is 3.05. The van der Waals surface area contributed by atoms with Crippen molar-refractivity contribution in [3.8, 4) is 6.07 Å². The normalized spacial score (nSPS) is 26.1. The molecule has 1 aromatic carbocycles. The van der Waals surface area contributed by atoms with Gasteiger partial charge in [-0.1, -0.05) is 18.2 Å². The van der Waals surface area contributed by atoms with Gasteiger partial charge >= 0.3 is 0 Å². The number of piperidine rings is 1. The number of nitrogens with zero attached hydrogens (tertiary/aromatic N) is 3. The number of fused-ring (bicyclic) bond motifs is 1. The summed E-state index contributed by atoms with van der Waals surface area (Å²) in [5.41, 5.74) is 0.410. The van der Waals surface area contributed by atoms with E-state index in [4.69, 9.17) is 0 Å². The van der Waals surface area contributed by atoms with E-state index < -0.39 is 11.3 Å². The van der Waals surface area contributed by atoms with Crippen LogP contribution in [0.2, 0.25) is 0 Å². The molecule has 2 aromatic rings. The Hall–Kier alpha value is -2.22. The van der Waals surface area contributed by atoms with Crippen molar-refractivity contribution < 1.29 is 8.78 Å². The quantitative estimate of drug-likeness (QED) is 0.805. The molecule has 4 rings (SSSR count). The van der Waals surface area contributed by atoms with Gasteiger partial charge in [-0.15, -0.1) is 0 Å². The van der Waals surface area contributed by atoms with E-state index in [1.807, 2.05) is 29.2 Å². The van der Waals surface area contributed by atoms with Crippen LogP contribution < -0.4 is 4.90 Å². The second-order valence-corrected chi connectivity index (χ2v) is 6.34. The highest BCUT2D eigenvalue weighted by molar-refractivity contribution is 5.86. The largest absolute Gasteiger partial charge is 0.356 e. The molecule has 2 fully saturated rings. The Balaban J connectivity index is 1.74. The number of aromatic nitrogens is 1. The summed E-state index contributed by atoms with van der Waals surface area (Å²) >= 11 is 0. The summed E-state index contributed by atoms with van der Waals surface area (Å²) in [6, 6.07) is 11.4. The maximum atomic E-state index is 13.7. The van der Waals surface area contributed by atoms with Gasteiger partial charge in [0.2, 0.25) is 0 Å². The molecule has 22 heavy (non-hydrogen) atoms. The first-order chi connectivity index (χ1) is 10.5. The Kier molecular flexibility index (Phi) is 2.68. The second kappa shape index (κ2) is 4.39. The molecule has 1 saturated carbocycles. The zero-order chi connectivity index (χ0) is 15.4. The van der Waals surface area contributed by atoms with Gasteiger partial charge in [-0.25, -0.2) is 13.8 Å². The molecule has 2 aliphatic rings. The standard InChI is InChI=1S/C17H15F2N3/c18-17(19)10-16(17)6-3-7-22(11-16)15-8-12(9-20)13-4-1-2-5-14(13)21-15/h1-2,4-5,8H,3,6-7,10-11H2. The Morgan fingerprint density at radius 3 is 2.77 bits per heavy atom. The molecule has 0 radical (unpaired) electrons. The van der Waals surface area contributed by atoms with Gasteiger partial charge in [-0.2, -0.15) is 5.26 Å². The fourth-order valence-electron chi connectivity index (χ4n) is 3.57. The van der Waals surface area contributed by atoms with Gasteiger partial charge in [0.1, 0.15) is 5.82 Å². The summed E-state index contributed by atoms with van der Waals surface area (Å²) < 4.78 is 27.3. The van der Waals surface area contributed by atoms with Crippen LogP contribution in [-0.2, 0) is 0 Å². The van der Waals surface area contributed by atoms with E-state index in [-0.39, 0.29) is 6.42 Å². The SMILES string of the molecule is N#Cc1cc(N2CCCC3(C2)CC3(F)F)nc2ccccc12. The van der Waals surface area contributed by atoms with Gasteiger partial charge in [0.15, 0.2) is 0 Å². The Labute approximate surface area is 127 Å². The maximum absolute atomic E-state index is 13.7. The van der Waals surface area contributed by atoms with Crippen molar-refractivity contribution >= 4 is 16.7 Å². The summed E-state index contributed by atoms with van der Waals surface area (Å²) in [6.45, 7) is 1.05. The number of para-hydroxylation sites is 1.